The maximum absolute atomic E-state index is 14.0. The molecule has 1 aliphatic heterocycles. The van der Waals surface area contributed by atoms with Crippen molar-refractivity contribution in [2.24, 2.45) is 10.7 Å². The Hall–Kier alpha value is -2.96. The molecule has 0 radical (unpaired) electrons. The van der Waals surface area contributed by atoms with E-state index in [9.17, 15) is 9.18 Å². The van der Waals surface area contributed by atoms with Crippen LogP contribution in [0.4, 0.5) is 10.1 Å². The number of hydrogen-bond acceptors (Lipinski definition) is 4. The van der Waals surface area contributed by atoms with Crippen LogP contribution in [0, 0.1) is 5.82 Å². The average Bonchev–Trinajstić information content (AvgIpc) is 3.14. The standard InChI is InChI=1S/C21H24FN5O/c22-15-6-1-2-7-18(15)25-16-8-5-9-17(14(16)12-23)26-21(28)20-19-10-3-4-11-27(19)13-24-20/h1-2,6-7,12-13,17H,3-5,8-11,23H2,(H,26,28). The van der Waals surface area contributed by atoms with Crippen molar-refractivity contribution < 1.29 is 9.18 Å². The lowest BCUT2D eigenvalue weighted by atomic mass is 9.88. The van der Waals surface area contributed by atoms with Gasteiger partial charge >= 0.3 is 0 Å². The van der Waals surface area contributed by atoms with Crippen LogP contribution in [0.3, 0.4) is 0 Å². The van der Waals surface area contributed by atoms with Gasteiger partial charge in [-0.15, -0.1) is 0 Å². The number of nitrogens with two attached hydrogens (primary N) is 1. The fourth-order valence-corrected chi connectivity index (χ4v) is 4.00. The van der Waals surface area contributed by atoms with E-state index >= 15 is 0 Å². The van der Waals surface area contributed by atoms with E-state index in [1.807, 2.05) is 0 Å². The van der Waals surface area contributed by atoms with Crippen molar-refractivity contribution in [1.29, 1.82) is 0 Å². The van der Waals surface area contributed by atoms with E-state index in [4.69, 9.17) is 5.73 Å². The summed E-state index contributed by atoms with van der Waals surface area (Å²) in [7, 11) is 0. The number of nitrogens with one attached hydrogen (secondary N) is 1. The van der Waals surface area contributed by atoms with Gasteiger partial charge < -0.3 is 15.6 Å². The third-order valence-electron chi connectivity index (χ3n) is 5.43. The summed E-state index contributed by atoms with van der Waals surface area (Å²) in [6.07, 6.45) is 8.59. The van der Waals surface area contributed by atoms with Crippen molar-refractivity contribution in [3.05, 3.63) is 59.6 Å². The van der Waals surface area contributed by atoms with E-state index in [1.54, 1.807) is 24.5 Å². The quantitative estimate of drug-likeness (QED) is 0.856. The number of fused-ring (bicyclic) bond motifs is 1. The minimum Gasteiger partial charge on any atom is -0.404 e. The van der Waals surface area contributed by atoms with Gasteiger partial charge in [0, 0.05) is 24.0 Å². The first kappa shape index (κ1) is 18.4. The first-order valence-electron chi connectivity index (χ1n) is 9.76. The number of amides is 1. The zero-order chi connectivity index (χ0) is 19.5. The molecule has 1 aliphatic carbocycles. The van der Waals surface area contributed by atoms with E-state index in [0.29, 0.717) is 12.1 Å². The predicted molar refractivity (Wildman–Crippen MR) is 106 cm³/mol. The molecule has 0 spiro atoms. The summed E-state index contributed by atoms with van der Waals surface area (Å²) in [6, 6.07) is 6.15. The molecule has 7 heteroatoms. The maximum Gasteiger partial charge on any atom is 0.272 e. The fraction of sp³-hybridized carbons (Fsp3) is 0.381. The highest BCUT2D eigenvalue weighted by molar-refractivity contribution is 6.04. The topological polar surface area (TPSA) is 85.3 Å². The number of carbonyl (C=O) groups excluding carboxylic acids is 1. The first-order chi connectivity index (χ1) is 13.7. The second kappa shape index (κ2) is 7.96. The summed E-state index contributed by atoms with van der Waals surface area (Å²) in [5, 5.41) is 3.07. The van der Waals surface area contributed by atoms with Gasteiger partial charge in [0.15, 0.2) is 0 Å². The van der Waals surface area contributed by atoms with Crippen LogP contribution in [0.15, 0.2) is 47.4 Å². The molecule has 6 nitrogen and oxygen atoms in total. The monoisotopic (exact) mass is 381 g/mol. The van der Waals surface area contributed by atoms with Crippen LogP contribution in [0.5, 0.6) is 0 Å². The van der Waals surface area contributed by atoms with Crippen molar-refractivity contribution in [3.63, 3.8) is 0 Å². The molecule has 3 N–H and O–H groups in total. The Kier molecular flexibility index (Phi) is 5.23. The third-order valence-corrected chi connectivity index (χ3v) is 5.43. The highest BCUT2D eigenvalue weighted by atomic mass is 19.1. The minimum absolute atomic E-state index is 0.188. The van der Waals surface area contributed by atoms with Gasteiger partial charge in [-0.1, -0.05) is 12.1 Å². The number of nitrogens with zero attached hydrogens (tertiary/aromatic N) is 3. The highest BCUT2D eigenvalue weighted by Gasteiger charge is 2.28. The number of halogens is 1. The summed E-state index contributed by atoms with van der Waals surface area (Å²) in [4.78, 5) is 21.7. The van der Waals surface area contributed by atoms with Crippen LogP contribution in [0.25, 0.3) is 0 Å². The van der Waals surface area contributed by atoms with Crippen LogP contribution in [0.2, 0.25) is 0 Å². The number of aromatic nitrogens is 2. The zero-order valence-corrected chi connectivity index (χ0v) is 15.7. The summed E-state index contributed by atoms with van der Waals surface area (Å²) >= 11 is 0. The minimum atomic E-state index is -0.373. The van der Waals surface area contributed by atoms with Crippen molar-refractivity contribution >= 4 is 17.3 Å². The van der Waals surface area contributed by atoms with Crippen molar-refractivity contribution in [3.8, 4) is 0 Å². The molecule has 1 aromatic carbocycles. The SMILES string of the molecule is NC=C1C(=Nc2ccccc2F)CCCC1NC(=O)c1ncn2c1CCCC2. The summed E-state index contributed by atoms with van der Waals surface area (Å²) in [6.45, 7) is 0.909. The molecule has 0 saturated heterocycles. The summed E-state index contributed by atoms with van der Waals surface area (Å²) in [5.41, 5.74) is 9.12. The Balaban J connectivity index is 1.55. The Labute approximate surface area is 163 Å². The van der Waals surface area contributed by atoms with Crippen LogP contribution in [-0.4, -0.2) is 27.2 Å². The van der Waals surface area contributed by atoms with Crippen molar-refractivity contribution in [1.82, 2.24) is 14.9 Å². The molecular formula is C21H24FN5O. The molecule has 2 aromatic rings. The molecule has 1 fully saturated rings. The van der Waals surface area contributed by atoms with Gasteiger partial charge in [-0.05, 0) is 50.7 Å². The number of rotatable bonds is 3. The third kappa shape index (κ3) is 3.56. The van der Waals surface area contributed by atoms with Crippen molar-refractivity contribution in [2.75, 3.05) is 0 Å². The molecule has 0 bridgehead atoms. The lowest BCUT2D eigenvalue weighted by Crippen LogP contribution is -2.41. The molecule has 1 atom stereocenters. The molecular weight excluding hydrogens is 357 g/mol. The van der Waals surface area contributed by atoms with Gasteiger partial charge in [-0.2, -0.15) is 0 Å². The summed E-state index contributed by atoms with van der Waals surface area (Å²) in [5.74, 6) is -0.561. The molecule has 1 amide bonds. The average molecular weight is 381 g/mol. The molecule has 1 unspecified atom stereocenters. The van der Waals surface area contributed by atoms with Crippen LogP contribution in [-0.2, 0) is 13.0 Å². The molecule has 146 valence electrons. The van der Waals surface area contributed by atoms with Crippen molar-refractivity contribution in [2.45, 2.75) is 51.1 Å². The van der Waals surface area contributed by atoms with Crippen LogP contribution >= 0.6 is 0 Å². The molecule has 1 saturated carbocycles. The van der Waals surface area contributed by atoms with Gasteiger partial charge in [0.2, 0.25) is 0 Å². The van der Waals surface area contributed by atoms with Crippen LogP contribution < -0.4 is 11.1 Å². The smallest absolute Gasteiger partial charge is 0.272 e. The van der Waals surface area contributed by atoms with E-state index < -0.39 is 0 Å². The Morgan fingerprint density at radius 2 is 2.14 bits per heavy atom. The number of carbonyl (C=O) groups is 1. The van der Waals surface area contributed by atoms with E-state index in [2.05, 4.69) is 19.9 Å². The lowest BCUT2D eigenvalue weighted by Gasteiger charge is -2.27. The second-order valence-corrected chi connectivity index (χ2v) is 7.24. The predicted octanol–water partition coefficient (Wildman–Crippen LogP) is 3.26. The number of imidazole rings is 1. The number of aryl methyl sites for hydroxylation is 1. The Morgan fingerprint density at radius 1 is 1.29 bits per heavy atom. The largest absolute Gasteiger partial charge is 0.404 e. The Morgan fingerprint density at radius 3 is 2.96 bits per heavy atom. The van der Waals surface area contributed by atoms with E-state index in [0.717, 1.165) is 55.6 Å². The molecule has 4 rings (SSSR count). The number of benzene rings is 1. The lowest BCUT2D eigenvalue weighted by molar-refractivity contribution is 0.0935. The normalized spacial score (nSPS) is 22.2. The van der Waals surface area contributed by atoms with E-state index in [-0.39, 0.29) is 23.5 Å². The molecule has 2 aliphatic rings. The molecule has 1 aromatic heterocycles. The number of aliphatic imine (C=N–C) groups is 1. The second-order valence-electron chi connectivity index (χ2n) is 7.24. The molecule has 2 heterocycles. The summed E-state index contributed by atoms with van der Waals surface area (Å²) < 4.78 is 16.1. The zero-order valence-electron chi connectivity index (χ0n) is 15.7. The Bertz CT molecular complexity index is 946. The van der Waals surface area contributed by atoms with Gasteiger partial charge in [0.1, 0.15) is 11.5 Å². The number of para-hydroxylation sites is 1. The van der Waals surface area contributed by atoms with Gasteiger partial charge in [-0.3, -0.25) is 4.79 Å². The number of hydrogen-bond donors (Lipinski definition) is 2. The van der Waals surface area contributed by atoms with Gasteiger partial charge in [0.05, 0.1) is 23.8 Å². The maximum atomic E-state index is 14.0. The fourth-order valence-electron chi connectivity index (χ4n) is 4.00. The van der Waals surface area contributed by atoms with Gasteiger partial charge in [0.25, 0.3) is 5.91 Å². The highest BCUT2D eigenvalue weighted by Crippen LogP contribution is 2.26. The van der Waals surface area contributed by atoms with Crippen LogP contribution in [0.1, 0.15) is 48.3 Å². The van der Waals surface area contributed by atoms with E-state index in [1.165, 1.54) is 12.3 Å². The van der Waals surface area contributed by atoms with Gasteiger partial charge in [-0.25, -0.2) is 14.4 Å². The molecule has 28 heavy (non-hydrogen) atoms. The first-order valence-corrected chi connectivity index (χ1v) is 9.76.